The van der Waals surface area contributed by atoms with Crippen LogP contribution in [0, 0.1) is 16.0 Å². The highest BCUT2D eigenvalue weighted by Gasteiger charge is 2.22. The van der Waals surface area contributed by atoms with Crippen molar-refractivity contribution in [2.75, 3.05) is 16.4 Å². The molecule has 0 saturated heterocycles. The van der Waals surface area contributed by atoms with Gasteiger partial charge in [-0.15, -0.1) is 10.2 Å². The minimum atomic E-state index is -0.519. The Balaban J connectivity index is 1.47. The number of hydrogen-bond donors (Lipinski definition) is 2. The zero-order chi connectivity index (χ0) is 19.9. The number of nitrogens with zero attached hydrogens (tertiary/aromatic N) is 3. The van der Waals surface area contributed by atoms with Crippen LogP contribution in [-0.4, -0.2) is 32.7 Å². The standard InChI is InChI=1S/C17H19N5O4S2/c23-14(18-12-7-4-8-13(9-12)22(25)26)10-27-17-21-20-16(28-17)19-15(24)11-5-2-1-3-6-11/h4,7-9,11H,1-3,5-6,10H2,(H,18,23)(H,19,20,24). The fourth-order valence-electron chi connectivity index (χ4n) is 2.91. The Labute approximate surface area is 169 Å². The molecule has 9 nitrogen and oxygen atoms in total. The zero-order valence-corrected chi connectivity index (χ0v) is 16.6. The van der Waals surface area contributed by atoms with E-state index < -0.39 is 4.92 Å². The molecule has 0 spiro atoms. The number of non-ortho nitro benzene ring substituents is 1. The van der Waals surface area contributed by atoms with Crippen LogP contribution in [0.25, 0.3) is 0 Å². The first-order valence-corrected chi connectivity index (χ1v) is 10.6. The number of anilines is 2. The lowest BCUT2D eigenvalue weighted by Gasteiger charge is -2.19. The Hall–Kier alpha value is -2.53. The maximum atomic E-state index is 12.2. The van der Waals surface area contributed by atoms with E-state index in [-0.39, 0.29) is 29.2 Å². The molecule has 1 fully saturated rings. The van der Waals surface area contributed by atoms with E-state index in [1.165, 1.54) is 47.7 Å². The van der Waals surface area contributed by atoms with Crippen molar-refractivity contribution in [1.29, 1.82) is 0 Å². The molecule has 1 aromatic heterocycles. The van der Waals surface area contributed by atoms with E-state index in [1.807, 2.05) is 0 Å². The summed E-state index contributed by atoms with van der Waals surface area (Å²) in [4.78, 5) is 34.5. The Morgan fingerprint density at radius 1 is 1.21 bits per heavy atom. The van der Waals surface area contributed by atoms with Crippen LogP contribution in [0.4, 0.5) is 16.5 Å². The second-order valence-electron chi connectivity index (χ2n) is 6.34. The highest BCUT2D eigenvalue weighted by atomic mass is 32.2. The smallest absolute Gasteiger partial charge is 0.271 e. The molecule has 0 unspecified atom stereocenters. The van der Waals surface area contributed by atoms with Gasteiger partial charge in [0.2, 0.25) is 16.9 Å². The monoisotopic (exact) mass is 421 g/mol. The fourth-order valence-corrected chi connectivity index (χ4v) is 4.47. The summed E-state index contributed by atoms with van der Waals surface area (Å²) in [5.41, 5.74) is 0.269. The average molecular weight is 422 g/mol. The first-order valence-electron chi connectivity index (χ1n) is 8.83. The van der Waals surface area contributed by atoms with Crippen molar-refractivity contribution in [1.82, 2.24) is 10.2 Å². The maximum Gasteiger partial charge on any atom is 0.271 e. The number of benzene rings is 1. The van der Waals surface area contributed by atoms with E-state index in [4.69, 9.17) is 0 Å². The third-order valence-corrected chi connectivity index (χ3v) is 6.25. The normalized spacial score (nSPS) is 14.4. The second kappa shape index (κ2) is 9.60. The lowest BCUT2D eigenvalue weighted by atomic mass is 9.89. The average Bonchev–Trinajstić information content (AvgIpc) is 3.14. The lowest BCUT2D eigenvalue weighted by molar-refractivity contribution is -0.384. The Morgan fingerprint density at radius 2 is 2.00 bits per heavy atom. The molecule has 1 heterocycles. The number of rotatable bonds is 7. The zero-order valence-electron chi connectivity index (χ0n) is 14.9. The Bertz CT molecular complexity index is 867. The number of carbonyl (C=O) groups excluding carboxylic acids is 2. The van der Waals surface area contributed by atoms with Crippen molar-refractivity contribution in [2.24, 2.45) is 5.92 Å². The molecule has 2 amide bonds. The van der Waals surface area contributed by atoms with Gasteiger partial charge >= 0.3 is 0 Å². The molecule has 2 aromatic rings. The quantitative estimate of drug-likeness (QED) is 0.302. The Kier molecular flexibility index (Phi) is 6.93. The molecule has 0 bridgehead atoms. The summed E-state index contributed by atoms with van der Waals surface area (Å²) >= 11 is 2.41. The van der Waals surface area contributed by atoms with E-state index in [2.05, 4.69) is 20.8 Å². The van der Waals surface area contributed by atoms with E-state index >= 15 is 0 Å². The highest BCUT2D eigenvalue weighted by molar-refractivity contribution is 8.01. The number of nitro benzene ring substituents is 1. The molecular formula is C17H19N5O4S2. The van der Waals surface area contributed by atoms with Crippen LogP contribution in [0.5, 0.6) is 0 Å². The number of hydrogen-bond acceptors (Lipinski definition) is 8. The molecule has 1 saturated carbocycles. The SMILES string of the molecule is O=C(CSc1nnc(NC(=O)C2CCCCC2)s1)Nc1cccc([N+](=O)[O-])c1. The van der Waals surface area contributed by atoms with Gasteiger partial charge in [-0.25, -0.2) is 0 Å². The van der Waals surface area contributed by atoms with Crippen molar-refractivity contribution in [2.45, 2.75) is 36.4 Å². The van der Waals surface area contributed by atoms with Crippen LogP contribution >= 0.6 is 23.1 Å². The summed E-state index contributed by atoms with van der Waals surface area (Å²) in [6.07, 6.45) is 5.15. The topological polar surface area (TPSA) is 127 Å². The fraction of sp³-hybridized carbons (Fsp3) is 0.412. The summed E-state index contributed by atoms with van der Waals surface area (Å²) in [5.74, 6) is -0.216. The summed E-state index contributed by atoms with van der Waals surface area (Å²) < 4.78 is 0.563. The summed E-state index contributed by atoms with van der Waals surface area (Å²) in [7, 11) is 0. The molecule has 1 aliphatic rings. The first-order chi connectivity index (χ1) is 13.5. The molecule has 11 heteroatoms. The van der Waals surface area contributed by atoms with Crippen LogP contribution in [-0.2, 0) is 9.59 Å². The molecule has 0 aliphatic heterocycles. The minimum Gasteiger partial charge on any atom is -0.325 e. The second-order valence-corrected chi connectivity index (χ2v) is 8.54. The van der Waals surface area contributed by atoms with Gasteiger partial charge in [0.15, 0.2) is 4.34 Å². The van der Waals surface area contributed by atoms with Gasteiger partial charge in [0.1, 0.15) is 0 Å². The van der Waals surface area contributed by atoms with Gasteiger partial charge in [-0.1, -0.05) is 48.4 Å². The molecule has 3 rings (SSSR count). The van der Waals surface area contributed by atoms with E-state index in [9.17, 15) is 19.7 Å². The van der Waals surface area contributed by atoms with Crippen molar-refractivity contribution < 1.29 is 14.5 Å². The number of carbonyl (C=O) groups is 2. The molecule has 0 radical (unpaired) electrons. The van der Waals surface area contributed by atoms with Crippen LogP contribution in [0.3, 0.4) is 0 Å². The molecule has 1 aromatic carbocycles. The third kappa shape index (κ3) is 5.73. The lowest BCUT2D eigenvalue weighted by Crippen LogP contribution is -2.24. The van der Waals surface area contributed by atoms with Crippen molar-refractivity contribution in [3.05, 3.63) is 34.4 Å². The molecule has 148 valence electrons. The van der Waals surface area contributed by atoms with E-state index in [1.54, 1.807) is 6.07 Å². The van der Waals surface area contributed by atoms with E-state index in [0.717, 1.165) is 25.7 Å². The molecular weight excluding hydrogens is 402 g/mol. The molecule has 2 N–H and O–H groups in total. The highest BCUT2D eigenvalue weighted by Crippen LogP contribution is 2.28. The van der Waals surface area contributed by atoms with Crippen LogP contribution in [0.15, 0.2) is 28.6 Å². The van der Waals surface area contributed by atoms with Gasteiger partial charge < -0.3 is 10.6 Å². The van der Waals surface area contributed by atoms with Gasteiger partial charge in [0, 0.05) is 23.7 Å². The van der Waals surface area contributed by atoms with Gasteiger partial charge in [0.25, 0.3) is 5.69 Å². The van der Waals surface area contributed by atoms with Crippen LogP contribution in [0.1, 0.15) is 32.1 Å². The first kappa shape index (κ1) is 20.2. The van der Waals surface area contributed by atoms with Gasteiger partial charge in [-0.05, 0) is 18.9 Å². The van der Waals surface area contributed by atoms with E-state index in [0.29, 0.717) is 15.2 Å². The number of amides is 2. The van der Waals surface area contributed by atoms with Gasteiger partial charge in [0.05, 0.1) is 10.7 Å². The largest absolute Gasteiger partial charge is 0.325 e. The van der Waals surface area contributed by atoms with Gasteiger partial charge in [-0.2, -0.15) is 0 Å². The predicted octanol–water partition coefficient (Wildman–Crippen LogP) is 3.70. The summed E-state index contributed by atoms with van der Waals surface area (Å²) in [6, 6.07) is 5.74. The number of nitrogens with one attached hydrogen (secondary N) is 2. The number of nitro groups is 1. The minimum absolute atomic E-state index is 0.0178. The van der Waals surface area contributed by atoms with Crippen LogP contribution < -0.4 is 10.6 Å². The summed E-state index contributed by atoms with van der Waals surface area (Å²) in [5, 5.41) is 24.5. The molecule has 0 atom stereocenters. The maximum absolute atomic E-state index is 12.2. The summed E-state index contributed by atoms with van der Waals surface area (Å²) in [6.45, 7) is 0. The van der Waals surface area contributed by atoms with Crippen molar-refractivity contribution in [3.8, 4) is 0 Å². The predicted molar refractivity (Wildman–Crippen MR) is 108 cm³/mol. The number of thioether (sulfide) groups is 1. The third-order valence-electron chi connectivity index (χ3n) is 4.28. The van der Waals surface area contributed by atoms with Gasteiger partial charge in [-0.3, -0.25) is 19.7 Å². The van der Waals surface area contributed by atoms with Crippen molar-refractivity contribution in [3.63, 3.8) is 0 Å². The molecule has 1 aliphatic carbocycles. The number of aromatic nitrogens is 2. The van der Waals surface area contributed by atoms with Crippen LogP contribution in [0.2, 0.25) is 0 Å². The van der Waals surface area contributed by atoms with Crippen molar-refractivity contribution >= 4 is 51.4 Å². The Morgan fingerprint density at radius 3 is 2.75 bits per heavy atom. The molecule has 28 heavy (non-hydrogen) atoms.